The molecule has 212 valence electrons. The molecule has 0 bridgehead atoms. The molecule has 0 aromatic heterocycles. The number of anilines is 2. The van der Waals surface area contributed by atoms with Crippen LogP contribution in [0.1, 0.15) is 35.2 Å². The summed E-state index contributed by atoms with van der Waals surface area (Å²) in [6.45, 7) is 1.03. The van der Waals surface area contributed by atoms with Crippen LogP contribution in [0.2, 0.25) is 0 Å². The first-order valence-corrected chi connectivity index (χ1v) is 16.3. The number of benzene rings is 4. The largest absolute Gasteiger partial charge is 0.322 e. The van der Waals surface area contributed by atoms with Gasteiger partial charge in [-0.3, -0.25) is 9.10 Å². The lowest BCUT2D eigenvalue weighted by molar-refractivity contribution is 0.102. The van der Waals surface area contributed by atoms with E-state index >= 15 is 0 Å². The Morgan fingerprint density at radius 1 is 0.683 bits per heavy atom. The van der Waals surface area contributed by atoms with Gasteiger partial charge in [-0.25, -0.2) is 16.8 Å². The van der Waals surface area contributed by atoms with E-state index in [4.69, 9.17) is 0 Å². The summed E-state index contributed by atoms with van der Waals surface area (Å²) in [6.07, 6.45) is 2.70. The summed E-state index contributed by atoms with van der Waals surface area (Å²) < 4.78 is 56.5. The van der Waals surface area contributed by atoms with Crippen LogP contribution in [0.3, 0.4) is 0 Å². The van der Waals surface area contributed by atoms with Crippen molar-refractivity contribution in [3.05, 3.63) is 120 Å². The van der Waals surface area contributed by atoms with Crippen molar-refractivity contribution in [1.29, 1.82) is 0 Å². The Kier molecular flexibility index (Phi) is 8.53. The summed E-state index contributed by atoms with van der Waals surface area (Å²) in [7, 11) is -7.63. The third kappa shape index (κ3) is 6.35. The topological polar surface area (TPSA) is 104 Å². The Balaban J connectivity index is 1.44. The molecule has 0 unspecified atom stereocenters. The van der Waals surface area contributed by atoms with Gasteiger partial charge in [0.05, 0.1) is 27.6 Å². The van der Waals surface area contributed by atoms with Gasteiger partial charge in [0.15, 0.2) is 0 Å². The van der Waals surface area contributed by atoms with E-state index in [2.05, 4.69) is 5.32 Å². The molecule has 10 heteroatoms. The number of carbonyl (C=O) groups is 1. The summed E-state index contributed by atoms with van der Waals surface area (Å²) in [4.78, 5) is 13.8. The average Bonchev–Trinajstić information content (AvgIpc) is 3.01. The van der Waals surface area contributed by atoms with Crippen molar-refractivity contribution in [3.8, 4) is 0 Å². The molecule has 5 rings (SSSR count). The molecule has 1 saturated heterocycles. The minimum absolute atomic E-state index is 0.0193. The average molecular weight is 590 g/mol. The maximum atomic E-state index is 13.9. The van der Waals surface area contributed by atoms with Crippen molar-refractivity contribution in [2.75, 3.05) is 22.7 Å². The molecular weight excluding hydrogens is 558 g/mol. The van der Waals surface area contributed by atoms with Crippen molar-refractivity contribution in [3.63, 3.8) is 0 Å². The smallest absolute Gasteiger partial charge is 0.264 e. The number of amides is 1. The van der Waals surface area contributed by atoms with E-state index in [1.807, 2.05) is 30.3 Å². The van der Waals surface area contributed by atoms with Crippen LogP contribution in [0, 0.1) is 0 Å². The predicted molar refractivity (Wildman–Crippen MR) is 160 cm³/mol. The van der Waals surface area contributed by atoms with Crippen molar-refractivity contribution < 1.29 is 21.6 Å². The van der Waals surface area contributed by atoms with Crippen LogP contribution in [0.4, 0.5) is 11.4 Å². The number of hydrogen-bond acceptors (Lipinski definition) is 5. The van der Waals surface area contributed by atoms with Gasteiger partial charge in [0.25, 0.3) is 15.9 Å². The number of rotatable bonds is 9. The molecule has 0 aliphatic carbocycles. The minimum atomic E-state index is -4.03. The third-order valence-electron chi connectivity index (χ3n) is 6.98. The zero-order valence-electron chi connectivity index (χ0n) is 22.4. The number of hydrogen-bond donors (Lipinski definition) is 1. The van der Waals surface area contributed by atoms with Crippen LogP contribution >= 0.6 is 0 Å². The summed E-state index contributed by atoms with van der Waals surface area (Å²) in [5.74, 6) is -0.520. The lowest BCUT2D eigenvalue weighted by Crippen LogP contribution is -2.35. The van der Waals surface area contributed by atoms with Crippen LogP contribution in [0.25, 0.3) is 0 Å². The third-order valence-corrected chi connectivity index (χ3v) is 10.7. The van der Waals surface area contributed by atoms with Gasteiger partial charge >= 0.3 is 0 Å². The van der Waals surface area contributed by atoms with Gasteiger partial charge in [0, 0.05) is 18.8 Å². The quantitative estimate of drug-likeness (QED) is 0.277. The monoisotopic (exact) mass is 589 g/mol. The molecule has 8 nitrogen and oxygen atoms in total. The van der Waals surface area contributed by atoms with Gasteiger partial charge in [-0.15, -0.1) is 0 Å². The first-order chi connectivity index (χ1) is 19.8. The van der Waals surface area contributed by atoms with Crippen LogP contribution in [0.5, 0.6) is 0 Å². The van der Waals surface area contributed by atoms with Crippen molar-refractivity contribution in [1.82, 2.24) is 4.31 Å². The SMILES string of the molecule is O=C(Nc1ccc(S(=O)(=O)N2CCCCC2)cc1)c1ccccc1N(Cc1ccccc1)S(=O)(=O)c1ccccc1. The fraction of sp³-hybridized carbons (Fsp3) is 0.194. The molecule has 0 atom stereocenters. The highest BCUT2D eigenvalue weighted by atomic mass is 32.2. The van der Waals surface area contributed by atoms with E-state index in [1.165, 1.54) is 32.9 Å². The second kappa shape index (κ2) is 12.3. The number of nitrogens with one attached hydrogen (secondary N) is 1. The lowest BCUT2D eigenvalue weighted by atomic mass is 10.1. The first-order valence-electron chi connectivity index (χ1n) is 13.4. The zero-order chi connectivity index (χ0) is 28.9. The second-order valence-electron chi connectivity index (χ2n) is 9.77. The lowest BCUT2D eigenvalue weighted by Gasteiger charge is -2.27. The fourth-order valence-electron chi connectivity index (χ4n) is 4.81. The minimum Gasteiger partial charge on any atom is -0.322 e. The van der Waals surface area contributed by atoms with Gasteiger partial charge in [-0.1, -0.05) is 67.1 Å². The van der Waals surface area contributed by atoms with Crippen molar-refractivity contribution in [2.24, 2.45) is 0 Å². The molecule has 1 fully saturated rings. The van der Waals surface area contributed by atoms with E-state index in [-0.39, 0.29) is 27.6 Å². The Morgan fingerprint density at radius 3 is 1.93 bits per heavy atom. The molecule has 1 aliphatic rings. The summed E-state index contributed by atoms with van der Waals surface area (Å²) in [6, 6.07) is 29.8. The maximum Gasteiger partial charge on any atom is 0.264 e. The molecule has 1 aliphatic heterocycles. The Morgan fingerprint density at radius 2 is 1.27 bits per heavy atom. The molecule has 1 N–H and O–H groups in total. The number of nitrogens with zero attached hydrogens (tertiary/aromatic N) is 2. The Hall–Kier alpha value is -3.99. The van der Waals surface area contributed by atoms with Gasteiger partial charge < -0.3 is 5.32 Å². The van der Waals surface area contributed by atoms with Gasteiger partial charge in [-0.05, 0) is 66.9 Å². The van der Waals surface area contributed by atoms with Crippen molar-refractivity contribution in [2.45, 2.75) is 35.6 Å². The van der Waals surface area contributed by atoms with Crippen LogP contribution in [-0.2, 0) is 26.6 Å². The summed E-state index contributed by atoms with van der Waals surface area (Å²) in [5, 5.41) is 2.80. The molecule has 4 aromatic carbocycles. The fourth-order valence-corrected chi connectivity index (χ4v) is 7.82. The molecule has 41 heavy (non-hydrogen) atoms. The Bertz CT molecular complexity index is 1700. The maximum absolute atomic E-state index is 13.9. The predicted octanol–water partition coefficient (Wildman–Crippen LogP) is 5.51. The highest BCUT2D eigenvalue weighted by Crippen LogP contribution is 2.30. The van der Waals surface area contributed by atoms with Gasteiger partial charge in [-0.2, -0.15) is 4.31 Å². The number of carbonyl (C=O) groups excluding carboxylic acids is 1. The molecule has 4 aromatic rings. The van der Waals surface area contributed by atoms with E-state index in [0.717, 1.165) is 24.8 Å². The summed E-state index contributed by atoms with van der Waals surface area (Å²) in [5.41, 5.74) is 1.53. The van der Waals surface area contributed by atoms with Crippen LogP contribution in [0.15, 0.2) is 119 Å². The Labute approximate surface area is 241 Å². The highest BCUT2D eigenvalue weighted by molar-refractivity contribution is 7.92. The number of para-hydroxylation sites is 1. The second-order valence-corrected chi connectivity index (χ2v) is 13.6. The number of sulfonamides is 2. The highest BCUT2D eigenvalue weighted by Gasteiger charge is 2.29. The molecule has 0 saturated carbocycles. The molecule has 0 radical (unpaired) electrons. The van der Waals surface area contributed by atoms with E-state index < -0.39 is 26.0 Å². The van der Waals surface area contributed by atoms with Crippen LogP contribution in [-0.4, -0.2) is 40.1 Å². The van der Waals surface area contributed by atoms with Crippen molar-refractivity contribution >= 4 is 37.3 Å². The van der Waals surface area contributed by atoms with Crippen LogP contribution < -0.4 is 9.62 Å². The van der Waals surface area contributed by atoms with E-state index in [0.29, 0.717) is 18.8 Å². The van der Waals surface area contributed by atoms with E-state index in [9.17, 15) is 21.6 Å². The van der Waals surface area contributed by atoms with E-state index in [1.54, 1.807) is 54.6 Å². The normalized spacial score (nSPS) is 14.3. The standard InChI is InChI=1S/C31H31N3O5S2/c35-31(32-26-18-20-28(21-19-26)40(36,37)33-22-10-3-11-23-33)29-16-8-9-17-30(29)34(24-25-12-4-1-5-13-25)41(38,39)27-14-6-2-7-15-27/h1-2,4-9,12-21H,3,10-11,22-24H2,(H,32,35). The number of piperidine rings is 1. The molecule has 1 amide bonds. The zero-order valence-corrected chi connectivity index (χ0v) is 24.0. The molecule has 1 heterocycles. The van der Waals surface area contributed by atoms with Gasteiger partial charge in [0.1, 0.15) is 0 Å². The van der Waals surface area contributed by atoms with Gasteiger partial charge in [0.2, 0.25) is 10.0 Å². The first kappa shape index (κ1) is 28.5. The molecular formula is C31H31N3O5S2. The molecule has 0 spiro atoms. The summed E-state index contributed by atoms with van der Waals surface area (Å²) >= 11 is 0.